The van der Waals surface area contributed by atoms with Crippen molar-refractivity contribution in [1.82, 2.24) is 9.97 Å². The van der Waals surface area contributed by atoms with Crippen LogP contribution in [0.3, 0.4) is 0 Å². The number of aryl methyl sites for hydroxylation is 1. The normalized spacial score (nSPS) is 17.5. The fourth-order valence-electron chi connectivity index (χ4n) is 1.48. The molecular formula is C10H15FN4. The van der Waals surface area contributed by atoms with E-state index in [0.717, 1.165) is 12.8 Å². The molecule has 82 valence electrons. The standard InChI is InChI=1S/C10H15FN4/c1-7-8(11)9(15-6-14-7)13-5-10(4-12)2-3-10/h6H,2-5,12H2,1H3,(H,13,14,15). The Morgan fingerprint density at radius 1 is 1.53 bits per heavy atom. The number of halogens is 1. The van der Waals surface area contributed by atoms with Crippen LogP contribution in [0.2, 0.25) is 0 Å². The molecule has 1 heterocycles. The summed E-state index contributed by atoms with van der Waals surface area (Å²) in [5.74, 6) is -0.0902. The second kappa shape index (κ2) is 3.73. The Hall–Kier alpha value is -1.23. The van der Waals surface area contributed by atoms with Gasteiger partial charge in [0, 0.05) is 6.54 Å². The summed E-state index contributed by atoms with van der Waals surface area (Å²) >= 11 is 0. The van der Waals surface area contributed by atoms with Gasteiger partial charge in [0.2, 0.25) is 0 Å². The molecule has 0 amide bonds. The number of nitrogens with zero attached hydrogens (tertiary/aromatic N) is 2. The molecule has 1 aliphatic rings. The highest BCUT2D eigenvalue weighted by Gasteiger charge is 2.41. The Labute approximate surface area is 88.1 Å². The van der Waals surface area contributed by atoms with Crippen molar-refractivity contribution in [3.8, 4) is 0 Å². The first-order valence-corrected chi connectivity index (χ1v) is 5.08. The highest BCUT2D eigenvalue weighted by atomic mass is 19.1. The average molecular weight is 210 g/mol. The van der Waals surface area contributed by atoms with Gasteiger partial charge in [-0.2, -0.15) is 0 Å². The first-order chi connectivity index (χ1) is 7.17. The number of hydrogen-bond donors (Lipinski definition) is 2. The van der Waals surface area contributed by atoms with Crippen LogP contribution in [0.15, 0.2) is 6.33 Å². The van der Waals surface area contributed by atoms with Gasteiger partial charge < -0.3 is 11.1 Å². The average Bonchev–Trinajstić information content (AvgIpc) is 3.01. The van der Waals surface area contributed by atoms with Crippen molar-refractivity contribution in [3.63, 3.8) is 0 Å². The van der Waals surface area contributed by atoms with Crippen LogP contribution in [0.25, 0.3) is 0 Å². The molecule has 0 atom stereocenters. The Balaban J connectivity index is 2.02. The zero-order valence-corrected chi connectivity index (χ0v) is 8.76. The second-order valence-electron chi connectivity index (χ2n) is 4.18. The molecule has 0 unspecified atom stereocenters. The van der Waals surface area contributed by atoms with E-state index in [9.17, 15) is 4.39 Å². The van der Waals surface area contributed by atoms with E-state index in [1.807, 2.05) is 0 Å². The Kier molecular flexibility index (Phi) is 2.56. The van der Waals surface area contributed by atoms with Crippen LogP contribution in [-0.2, 0) is 0 Å². The molecule has 1 aromatic heterocycles. The monoisotopic (exact) mass is 210 g/mol. The van der Waals surface area contributed by atoms with E-state index in [1.54, 1.807) is 6.92 Å². The summed E-state index contributed by atoms with van der Waals surface area (Å²) in [7, 11) is 0. The molecule has 1 saturated carbocycles. The molecule has 0 bridgehead atoms. The lowest BCUT2D eigenvalue weighted by molar-refractivity contribution is 0.547. The fourth-order valence-corrected chi connectivity index (χ4v) is 1.48. The molecule has 15 heavy (non-hydrogen) atoms. The summed E-state index contributed by atoms with van der Waals surface area (Å²) < 4.78 is 13.5. The number of nitrogens with one attached hydrogen (secondary N) is 1. The van der Waals surface area contributed by atoms with Crippen LogP contribution < -0.4 is 11.1 Å². The third-order valence-electron chi connectivity index (χ3n) is 2.98. The molecule has 0 aromatic carbocycles. The van der Waals surface area contributed by atoms with Crippen LogP contribution >= 0.6 is 0 Å². The van der Waals surface area contributed by atoms with E-state index < -0.39 is 0 Å². The molecule has 1 fully saturated rings. The third-order valence-corrected chi connectivity index (χ3v) is 2.98. The molecule has 4 nitrogen and oxygen atoms in total. The number of anilines is 1. The zero-order valence-electron chi connectivity index (χ0n) is 8.76. The van der Waals surface area contributed by atoms with Gasteiger partial charge >= 0.3 is 0 Å². The fraction of sp³-hybridized carbons (Fsp3) is 0.600. The van der Waals surface area contributed by atoms with Crippen LogP contribution in [0, 0.1) is 18.2 Å². The molecule has 1 aliphatic carbocycles. The first kappa shape index (κ1) is 10.3. The minimum Gasteiger partial charge on any atom is -0.367 e. The third kappa shape index (κ3) is 2.07. The molecule has 0 aliphatic heterocycles. The van der Waals surface area contributed by atoms with Gasteiger partial charge in [0.15, 0.2) is 11.6 Å². The predicted octanol–water partition coefficient (Wildman–Crippen LogP) is 1.07. The van der Waals surface area contributed by atoms with Gasteiger partial charge in [-0.05, 0) is 31.7 Å². The Morgan fingerprint density at radius 3 is 2.87 bits per heavy atom. The Morgan fingerprint density at radius 2 is 2.27 bits per heavy atom. The zero-order chi connectivity index (χ0) is 10.9. The summed E-state index contributed by atoms with van der Waals surface area (Å²) in [6.07, 6.45) is 3.59. The number of hydrogen-bond acceptors (Lipinski definition) is 4. The van der Waals surface area contributed by atoms with Crippen LogP contribution in [0.5, 0.6) is 0 Å². The van der Waals surface area contributed by atoms with Crippen LogP contribution in [-0.4, -0.2) is 23.1 Å². The largest absolute Gasteiger partial charge is 0.367 e. The molecule has 0 spiro atoms. The maximum atomic E-state index is 13.5. The number of nitrogens with two attached hydrogens (primary N) is 1. The van der Waals surface area contributed by atoms with E-state index in [0.29, 0.717) is 18.8 Å². The van der Waals surface area contributed by atoms with Crippen LogP contribution in [0.1, 0.15) is 18.5 Å². The number of aromatic nitrogens is 2. The topological polar surface area (TPSA) is 63.8 Å². The molecule has 3 N–H and O–H groups in total. The maximum absolute atomic E-state index is 13.5. The smallest absolute Gasteiger partial charge is 0.186 e. The van der Waals surface area contributed by atoms with Crippen molar-refractivity contribution in [3.05, 3.63) is 17.8 Å². The first-order valence-electron chi connectivity index (χ1n) is 5.08. The lowest BCUT2D eigenvalue weighted by Gasteiger charge is -2.14. The molecule has 5 heteroatoms. The lowest BCUT2D eigenvalue weighted by Crippen LogP contribution is -2.25. The van der Waals surface area contributed by atoms with Gasteiger partial charge in [0.1, 0.15) is 6.33 Å². The van der Waals surface area contributed by atoms with E-state index >= 15 is 0 Å². The summed E-state index contributed by atoms with van der Waals surface area (Å²) in [6.45, 7) is 2.96. The predicted molar refractivity (Wildman–Crippen MR) is 55.9 cm³/mol. The van der Waals surface area contributed by atoms with Crippen molar-refractivity contribution in [2.45, 2.75) is 19.8 Å². The minimum absolute atomic E-state index is 0.172. The van der Waals surface area contributed by atoms with Crippen molar-refractivity contribution in [2.24, 2.45) is 11.1 Å². The van der Waals surface area contributed by atoms with Crippen molar-refractivity contribution >= 4 is 5.82 Å². The van der Waals surface area contributed by atoms with Crippen molar-refractivity contribution in [1.29, 1.82) is 0 Å². The van der Waals surface area contributed by atoms with Gasteiger partial charge in [0.05, 0.1) is 5.69 Å². The summed E-state index contributed by atoms with van der Waals surface area (Å²) in [4.78, 5) is 7.63. The van der Waals surface area contributed by atoms with E-state index in [1.165, 1.54) is 6.33 Å². The molecule has 2 rings (SSSR count). The second-order valence-corrected chi connectivity index (χ2v) is 4.18. The van der Waals surface area contributed by atoms with E-state index in [-0.39, 0.29) is 17.1 Å². The highest BCUT2D eigenvalue weighted by Crippen LogP contribution is 2.44. The minimum atomic E-state index is -0.370. The highest BCUT2D eigenvalue weighted by molar-refractivity contribution is 5.37. The summed E-state index contributed by atoms with van der Waals surface area (Å²) in [5, 5.41) is 3.00. The van der Waals surface area contributed by atoms with E-state index in [4.69, 9.17) is 5.73 Å². The molecule has 0 saturated heterocycles. The maximum Gasteiger partial charge on any atom is 0.186 e. The number of rotatable bonds is 4. The van der Waals surface area contributed by atoms with Gasteiger partial charge in [-0.25, -0.2) is 14.4 Å². The summed E-state index contributed by atoms with van der Waals surface area (Å²) in [6, 6.07) is 0. The molecule has 0 radical (unpaired) electrons. The Bertz CT molecular complexity index is 362. The summed E-state index contributed by atoms with van der Waals surface area (Å²) in [5.41, 5.74) is 6.17. The van der Waals surface area contributed by atoms with Crippen LogP contribution in [0.4, 0.5) is 10.2 Å². The SMILES string of the molecule is Cc1ncnc(NCC2(CN)CC2)c1F. The molecular weight excluding hydrogens is 195 g/mol. The van der Waals surface area contributed by atoms with Gasteiger partial charge in [-0.1, -0.05) is 0 Å². The van der Waals surface area contributed by atoms with Gasteiger partial charge in [-0.3, -0.25) is 0 Å². The van der Waals surface area contributed by atoms with Crippen molar-refractivity contribution in [2.75, 3.05) is 18.4 Å². The molecule has 1 aromatic rings. The quantitative estimate of drug-likeness (QED) is 0.780. The lowest BCUT2D eigenvalue weighted by atomic mass is 10.1. The van der Waals surface area contributed by atoms with Gasteiger partial charge in [0.25, 0.3) is 0 Å². The van der Waals surface area contributed by atoms with Crippen molar-refractivity contribution < 1.29 is 4.39 Å². The van der Waals surface area contributed by atoms with E-state index in [2.05, 4.69) is 15.3 Å². The van der Waals surface area contributed by atoms with Gasteiger partial charge in [-0.15, -0.1) is 0 Å².